The number of hydrogen-bond acceptors (Lipinski definition) is 0. The van der Waals surface area contributed by atoms with Gasteiger partial charge in [-0.15, -0.1) is 0 Å². The summed E-state index contributed by atoms with van der Waals surface area (Å²) in [5, 5.41) is 0. The van der Waals surface area contributed by atoms with Crippen LogP contribution in [0, 0.1) is 5.92 Å². The van der Waals surface area contributed by atoms with Gasteiger partial charge >= 0.3 is 23.1 Å². The van der Waals surface area contributed by atoms with Gasteiger partial charge in [0.15, 0.2) is 0 Å². The van der Waals surface area contributed by atoms with Crippen molar-refractivity contribution in [3.8, 4) is 0 Å². The molecule has 0 atom stereocenters. The molecule has 1 saturated carbocycles. The maximum atomic E-state index is 2.31. The van der Waals surface area contributed by atoms with Crippen molar-refractivity contribution in [2.75, 3.05) is 0 Å². The first-order valence-electron chi connectivity index (χ1n) is 2.39. The molecule has 0 spiro atoms. The smallest absolute Gasteiger partial charge is 1.00 e. The second kappa shape index (κ2) is 8.73. The van der Waals surface area contributed by atoms with Gasteiger partial charge < -0.3 is 34.0 Å². The standard InChI is InChI=1S/C5H10.2BrH.Mg/c1-5-3-2-4-5;;;/h5H,2-4H2,1H3;2*1H;/q;;;+2/p-2. The van der Waals surface area contributed by atoms with Gasteiger partial charge in [-0.1, -0.05) is 26.2 Å². The van der Waals surface area contributed by atoms with E-state index in [1.54, 1.807) is 0 Å². The second-order valence-corrected chi connectivity index (χ2v) is 2.04. The van der Waals surface area contributed by atoms with E-state index in [0.717, 1.165) is 5.92 Å². The third-order valence-electron chi connectivity index (χ3n) is 1.39. The molecule has 0 bridgehead atoms. The van der Waals surface area contributed by atoms with Crippen molar-refractivity contribution in [1.29, 1.82) is 0 Å². The molecule has 0 aliphatic heterocycles. The van der Waals surface area contributed by atoms with E-state index >= 15 is 0 Å². The minimum atomic E-state index is 0. The number of rotatable bonds is 0. The SMILES string of the molecule is CC1CCC1.[Br-].[Br-].[Mg+2]. The molecule has 1 rings (SSSR count). The molecule has 0 aromatic rings. The first kappa shape index (κ1) is 16.4. The fourth-order valence-electron chi connectivity index (χ4n) is 0.612. The molecule has 0 saturated heterocycles. The van der Waals surface area contributed by atoms with Crippen LogP contribution in [0.1, 0.15) is 26.2 Å². The maximum Gasteiger partial charge on any atom is 2.00 e. The molecular weight excluding hydrogens is 244 g/mol. The predicted octanol–water partition coefficient (Wildman–Crippen LogP) is -4.57. The average Bonchev–Trinajstić information content (AvgIpc) is 1.30. The van der Waals surface area contributed by atoms with Gasteiger partial charge in [0.25, 0.3) is 0 Å². The summed E-state index contributed by atoms with van der Waals surface area (Å²) in [7, 11) is 0. The summed E-state index contributed by atoms with van der Waals surface area (Å²) in [6, 6.07) is 0. The van der Waals surface area contributed by atoms with Crippen LogP contribution in [0.4, 0.5) is 0 Å². The molecule has 0 heterocycles. The molecule has 1 fully saturated rings. The minimum absolute atomic E-state index is 0. The van der Waals surface area contributed by atoms with E-state index in [9.17, 15) is 0 Å². The molecule has 8 heavy (non-hydrogen) atoms. The Labute approximate surface area is 88.5 Å². The molecule has 0 nitrogen and oxygen atoms in total. The van der Waals surface area contributed by atoms with Crippen molar-refractivity contribution < 1.29 is 34.0 Å². The van der Waals surface area contributed by atoms with Crippen molar-refractivity contribution in [3.05, 3.63) is 0 Å². The molecule has 46 valence electrons. The van der Waals surface area contributed by atoms with Gasteiger partial charge in [-0.2, -0.15) is 0 Å². The largest absolute Gasteiger partial charge is 2.00 e. The van der Waals surface area contributed by atoms with Crippen molar-refractivity contribution in [2.45, 2.75) is 26.2 Å². The van der Waals surface area contributed by atoms with E-state index in [2.05, 4.69) is 6.92 Å². The van der Waals surface area contributed by atoms with E-state index in [-0.39, 0.29) is 57.0 Å². The zero-order valence-electron chi connectivity index (χ0n) is 5.16. The van der Waals surface area contributed by atoms with Crippen molar-refractivity contribution in [2.24, 2.45) is 5.92 Å². The zero-order chi connectivity index (χ0) is 3.70. The van der Waals surface area contributed by atoms with Crippen molar-refractivity contribution >= 4 is 23.1 Å². The quantitative estimate of drug-likeness (QED) is 0.382. The van der Waals surface area contributed by atoms with E-state index in [1.165, 1.54) is 19.3 Å². The third-order valence-corrected chi connectivity index (χ3v) is 1.39. The monoisotopic (exact) mass is 252 g/mol. The summed E-state index contributed by atoms with van der Waals surface area (Å²) < 4.78 is 0. The molecular formula is C5H10Br2Mg. The molecule has 1 aliphatic rings. The first-order chi connectivity index (χ1) is 2.39. The molecule has 3 heteroatoms. The van der Waals surface area contributed by atoms with Gasteiger partial charge in [-0.25, -0.2) is 0 Å². The zero-order valence-corrected chi connectivity index (χ0v) is 9.75. The Kier molecular flexibility index (Phi) is 17.9. The molecule has 1 aliphatic carbocycles. The molecule has 0 amide bonds. The average molecular weight is 254 g/mol. The summed E-state index contributed by atoms with van der Waals surface area (Å²) in [4.78, 5) is 0. The van der Waals surface area contributed by atoms with Crippen LogP contribution in [-0.4, -0.2) is 23.1 Å². The Hall–Kier alpha value is 1.73. The Bertz CT molecular complexity index is 37.4. The van der Waals surface area contributed by atoms with Gasteiger partial charge in [-0.05, 0) is 5.92 Å². The normalized spacial score (nSPS) is 16.1. The second-order valence-electron chi connectivity index (χ2n) is 2.04. The van der Waals surface area contributed by atoms with E-state index in [0.29, 0.717) is 0 Å². The maximum absolute atomic E-state index is 2.31. The number of hydrogen-bond donors (Lipinski definition) is 0. The minimum Gasteiger partial charge on any atom is -1.00 e. The fraction of sp³-hybridized carbons (Fsp3) is 1.00. The van der Waals surface area contributed by atoms with Crippen LogP contribution in [0.25, 0.3) is 0 Å². The van der Waals surface area contributed by atoms with Crippen LogP contribution < -0.4 is 34.0 Å². The molecule has 0 N–H and O–H groups in total. The summed E-state index contributed by atoms with van der Waals surface area (Å²) in [5.74, 6) is 1.06. The summed E-state index contributed by atoms with van der Waals surface area (Å²) in [6.07, 6.45) is 4.46. The van der Waals surface area contributed by atoms with Crippen LogP contribution >= 0.6 is 0 Å². The topological polar surface area (TPSA) is 0 Å². The number of halogens is 2. The van der Waals surface area contributed by atoms with Gasteiger partial charge in [0, 0.05) is 0 Å². The molecule has 0 aromatic carbocycles. The van der Waals surface area contributed by atoms with E-state index < -0.39 is 0 Å². The summed E-state index contributed by atoms with van der Waals surface area (Å²) >= 11 is 0. The molecule has 0 aromatic heterocycles. The summed E-state index contributed by atoms with van der Waals surface area (Å²) in [5.41, 5.74) is 0. The Morgan fingerprint density at radius 2 is 1.38 bits per heavy atom. The van der Waals surface area contributed by atoms with Gasteiger partial charge in [-0.3, -0.25) is 0 Å². The predicted molar refractivity (Wildman–Crippen MR) is 28.8 cm³/mol. The van der Waals surface area contributed by atoms with E-state index in [4.69, 9.17) is 0 Å². The van der Waals surface area contributed by atoms with Crippen LogP contribution in [0.3, 0.4) is 0 Å². The van der Waals surface area contributed by atoms with Crippen LogP contribution in [0.2, 0.25) is 0 Å². The van der Waals surface area contributed by atoms with Crippen LogP contribution in [-0.2, 0) is 0 Å². The van der Waals surface area contributed by atoms with Crippen molar-refractivity contribution in [1.82, 2.24) is 0 Å². The third kappa shape index (κ3) is 5.86. The Morgan fingerprint density at radius 1 is 1.12 bits per heavy atom. The summed E-state index contributed by atoms with van der Waals surface area (Å²) in [6.45, 7) is 2.31. The fourth-order valence-corrected chi connectivity index (χ4v) is 0.612. The molecule has 0 radical (unpaired) electrons. The van der Waals surface area contributed by atoms with Gasteiger partial charge in [0.1, 0.15) is 0 Å². The van der Waals surface area contributed by atoms with Gasteiger partial charge in [0.05, 0.1) is 0 Å². The van der Waals surface area contributed by atoms with Crippen LogP contribution in [0.5, 0.6) is 0 Å². The molecule has 0 unspecified atom stereocenters. The Balaban J connectivity index is -0.0000000833. The Morgan fingerprint density at radius 3 is 1.38 bits per heavy atom. The van der Waals surface area contributed by atoms with Crippen molar-refractivity contribution in [3.63, 3.8) is 0 Å². The van der Waals surface area contributed by atoms with Gasteiger partial charge in [0.2, 0.25) is 0 Å². The first-order valence-corrected chi connectivity index (χ1v) is 2.39. The van der Waals surface area contributed by atoms with E-state index in [1.807, 2.05) is 0 Å². The van der Waals surface area contributed by atoms with Crippen LogP contribution in [0.15, 0.2) is 0 Å².